The highest BCUT2D eigenvalue weighted by molar-refractivity contribution is 7.18. The Morgan fingerprint density at radius 1 is 1.27 bits per heavy atom. The van der Waals surface area contributed by atoms with E-state index in [2.05, 4.69) is 4.98 Å². The predicted molar refractivity (Wildman–Crippen MR) is 87.7 cm³/mol. The van der Waals surface area contributed by atoms with Crippen LogP contribution in [-0.4, -0.2) is 45.2 Å². The largest absolute Gasteiger partial charge is 0.383 e. The number of aliphatic hydroxyl groups excluding tert-OH is 2. The van der Waals surface area contributed by atoms with Crippen LogP contribution in [0.15, 0.2) is 24.3 Å². The van der Waals surface area contributed by atoms with Crippen LogP contribution >= 0.6 is 11.3 Å². The van der Waals surface area contributed by atoms with Gasteiger partial charge in [-0.1, -0.05) is 26.0 Å². The van der Waals surface area contributed by atoms with Crippen LogP contribution in [-0.2, 0) is 4.79 Å². The van der Waals surface area contributed by atoms with Gasteiger partial charge in [-0.3, -0.25) is 4.79 Å². The van der Waals surface area contributed by atoms with Gasteiger partial charge in [0.15, 0.2) is 6.10 Å². The van der Waals surface area contributed by atoms with E-state index in [9.17, 15) is 15.0 Å². The quantitative estimate of drug-likeness (QED) is 0.856. The summed E-state index contributed by atoms with van der Waals surface area (Å²) >= 11 is 1.29. The van der Waals surface area contributed by atoms with Gasteiger partial charge in [0.2, 0.25) is 0 Å². The minimum atomic E-state index is -1.49. The number of fused-ring (bicyclic) bond motifs is 1. The summed E-state index contributed by atoms with van der Waals surface area (Å²) in [7, 11) is 1.66. The van der Waals surface area contributed by atoms with Crippen LogP contribution in [0.5, 0.6) is 0 Å². The summed E-state index contributed by atoms with van der Waals surface area (Å²) in [6.07, 6.45) is -1.18. The lowest BCUT2D eigenvalue weighted by Crippen LogP contribution is -2.44. The normalized spacial score (nSPS) is 14.3. The molecule has 0 aliphatic carbocycles. The van der Waals surface area contributed by atoms with Crippen LogP contribution in [0.1, 0.15) is 37.8 Å². The number of amides is 1. The molecular formula is C16H22N2O3S. The molecule has 0 aliphatic heterocycles. The summed E-state index contributed by atoms with van der Waals surface area (Å²) in [5.74, 6) is -0.472. The molecule has 2 atom stereocenters. The first-order valence-electron chi connectivity index (χ1n) is 7.47. The number of benzene rings is 1. The Bertz CT molecular complexity index is 606. The van der Waals surface area contributed by atoms with E-state index in [1.165, 1.54) is 16.2 Å². The van der Waals surface area contributed by atoms with Gasteiger partial charge in [0.1, 0.15) is 11.1 Å². The van der Waals surface area contributed by atoms with Crippen LogP contribution in [0.2, 0.25) is 0 Å². The Morgan fingerprint density at radius 3 is 2.50 bits per heavy atom. The molecule has 2 rings (SSSR count). The number of hydrogen-bond donors (Lipinski definition) is 2. The Morgan fingerprint density at radius 2 is 1.91 bits per heavy atom. The van der Waals surface area contributed by atoms with Crippen LogP contribution in [0.25, 0.3) is 10.2 Å². The number of para-hydroxylation sites is 1. The number of carbonyl (C=O) groups excluding carboxylic acids is 1. The second kappa shape index (κ2) is 7.17. The van der Waals surface area contributed by atoms with Gasteiger partial charge in [-0.15, -0.1) is 11.3 Å². The third-order valence-electron chi connectivity index (χ3n) is 3.95. The van der Waals surface area contributed by atoms with Gasteiger partial charge < -0.3 is 15.1 Å². The first-order valence-corrected chi connectivity index (χ1v) is 8.29. The second-order valence-electron chi connectivity index (χ2n) is 5.33. The molecule has 0 aliphatic rings. The molecule has 0 unspecified atom stereocenters. The molecule has 0 saturated heterocycles. The summed E-state index contributed by atoms with van der Waals surface area (Å²) in [6, 6.07) is 7.55. The van der Waals surface area contributed by atoms with Crippen molar-refractivity contribution < 1.29 is 15.0 Å². The lowest BCUT2D eigenvalue weighted by atomic mass is 10.1. The third-order valence-corrected chi connectivity index (χ3v) is 5.06. The SMILES string of the molecule is CCC(CC)N(C)C(=O)[C@@H](O)[C@H](O)c1nc2ccccc2s1. The summed E-state index contributed by atoms with van der Waals surface area (Å²) in [5.41, 5.74) is 0.759. The summed E-state index contributed by atoms with van der Waals surface area (Å²) < 4.78 is 0.921. The maximum absolute atomic E-state index is 12.3. The molecule has 0 bridgehead atoms. The van der Waals surface area contributed by atoms with Crippen molar-refractivity contribution in [1.29, 1.82) is 0 Å². The van der Waals surface area contributed by atoms with E-state index in [-0.39, 0.29) is 6.04 Å². The average Bonchev–Trinajstić information content (AvgIpc) is 2.97. The first-order chi connectivity index (χ1) is 10.5. The minimum Gasteiger partial charge on any atom is -0.383 e. The van der Waals surface area contributed by atoms with Crippen molar-refractivity contribution in [1.82, 2.24) is 9.88 Å². The highest BCUT2D eigenvalue weighted by atomic mass is 32.1. The Kier molecular flexibility index (Phi) is 5.50. The van der Waals surface area contributed by atoms with Gasteiger partial charge >= 0.3 is 0 Å². The van der Waals surface area contributed by atoms with Gasteiger partial charge in [-0.25, -0.2) is 4.98 Å². The monoisotopic (exact) mass is 322 g/mol. The zero-order valence-corrected chi connectivity index (χ0v) is 13.9. The molecule has 0 radical (unpaired) electrons. The fourth-order valence-electron chi connectivity index (χ4n) is 2.51. The van der Waals surface area contributed by atoms with Gasteiger partial charge in [-0.05, 0) is 25.0 Å². The number of carbonyl (C=O) groups is 1. The zero-order chi connectivity index (χ0) is 16.3. The Labute approximate surface area is 134 Å². The predicted octanol–water partition coefficient (Wildman–Crippen LogP) is 2.34. The molecule has 1 aromatic heterocycles. The standard InChI is InChI=1S/C16H22N2O3S/c1-4-10(5-2)18(3)16(21)14(20)13(19)15-17-11-8-6-7-9-12(11)22-15/h6-10,13-14,19-20H,4-5H2,1-3H3/t13-,14-/m0/s1. The maximum atomic E-state index is 12.3. The van der Waals surface area contributed by atoms with E-state index >= 15 is 0 Å². The zero-order valence-electron chi connectivity index (χ0n) is 13.1. The number of likely N-dealkylation sites (N-methyl/N-ethyl adjacent to an activating group) is 1. The summed E-state index contributed by atoms with van der Waals surface area (Å²) in [6.45, 7) is 3.99. The van der Waals surface area contributed by atoms with E-state index in [4.69, 9.17) is 0 Å². The highest BCUT2D eigenvalue weighted by Crippen LogP contribution is 2.28. The molecule has 22 heavy (non-hydrogen) atoms. The molecule has 2 N–H and O–H groups in total. The lowest BCUT2D eigenvalue weighted by Gasteiger charge is -2.29. The van der Waals surface area contributed by atoms with E-state index < -0.39 is 18.1 Å². The smallest absolute Gasteiger partial charge is 0.254 e. The highest BCUT2D eigenvalue weighted by Gasteiger charge is 2.32. The number of aliphatic hydroxyl groups is 2. The molecule has 0 spiro atoms. The van der Waals surface area contributed by atoms with Crippen molar-refractivity contribution >= 4 is 27.5 Å². The van der Waals surface area contributed by atoms with Crippen molar-refractivity contribution in [2.24, 2.45) is 0 Å². The van der Waals surface area contributed by atoms with E-state index in [0.29, 0.717) is 5.01 Å². The molecule has 0 fully saturated rings. The fraction of sp³-hybridized carbons (Fsp3) is 0.500. The summed E-state index contributed by atoms with van der Waals surface area (Å²) in [5, 5.41) is 20.8. The van der Waals surface area contributed by atoms with Gasteiger partial charge in [0.05, 0.1) is 10.2 Å². The van der Waals surface area contributed by atoms with Crippen molar-refractivity contribution in [2.75, 3.05) is 7.05 Å². The molecule has 1 heterocycles. The Balaban J connectivity index is 2.17. The number of thiazole rings is 1. The van der Waals surface area contributed by atoms with Crippen LogP contribution in [0.4, 0.5) is 0 Å². The molecule has 6 heteroatoms. The van der Waals surface area contributed by atoms with Gasteiger partial charge in [-0.2, -0.15) is 0 Å². The van der Waals surface area contributed by atoms with E-state index in [1.807, 2.05) is 38.1 Å². The number of rotatable bonds is 6. The molecule has 2 aromatic rings. The van der Waals surface area contributed by atoms with Crippen LogP contribution in [0, 0.1) is 0 Å². The molecule has 1 aromatic carbocycles. The second-order valence-corrected chi connectivity index (χ2v) is 6.39. The Hall–Kier alpha value is -1.50. The first kappa shape index (κ1) is 16.9. The van der Waals surface area contributed by atoms with Gasteiger partial charge in [0, 0.05) is 13.1 Å². The fourth-order valence-corrected chi connectivity index (χ4v) is 3.50. The third kappa shape index (κ3) is 3.29. The minimum absolute atomic E-state index is 0.0599. The molecule has 1 amide bonds. The van der Waals surface area contributed by atoms with E-state index in [0.717, 1.165) is 23.1 Å². The van der Waals surface area contributed by atoms with Crippen molar-refractivity contribution in [2.45, 2.75) is 44.9 Å². The molecule has 0 saturated carbocycles. The number of nitrogens with zero attached hydrogens (tertiary/aromatic N) is 2. The molecular weight excluding hydrogens is 300 g/mol. The maximum Gasteiger partial charge on any atom is 0.254 e. The molecule has 5 nitrogen and oxygen atoms in total. The number of hydrogen-bond acceptors (Lipinski definition) is 5. The van der Waals surface area contributed by atoms with Crippen molar-refractivity contribution in [3.63, 3.8) is 0 Å². The van der Waals surface area contributed by atoms with E-state index in [1.54, 1.807) is 7.05 Å². The number of aromatic nitrogens is 1. The van der Waals surface area contributed by atoms with Gasteiger partial charge in [0.25, 0.3) is 5.91 Å². The molecule has 120 valence electrons. The average molecular weight is 322 g/mol. The summed E-state index contributed by atoms with van der Waals surface area (Å²) in [4.78, 5) is 18.1. The van der Waals surface area contributed by atoms with Crippen LogP contribution < -0.4 is 0 Å². The topological polar surface area (TPSA) is 73.7 Å². The van der Waals surface area contributed by atoms with Crippen LogP contribution in [0.3, 0.4) is 0 Å². The van der Waals surface area contributed by atoms with Crippen molar-refractivity contribution in [3.05, 3.63) is 29.3 Å². The lowest BCUT2D eigenvalue weighted by molar-refractivity contribution is -0.147. The van der Waals surface area contributed by atoms with Crippen molar-refractivity contribution in [3.8, 4) is 0 Å².